The van der Waals surface area contributed by atoms with Crippen LogP contribution in [-0.2, 0) is 16.1 Å². The fourth-order valence-corrected chi connectivity index (χ4v) is 2.48. The highest BCUT2D eigenvalue weighted by molar-refractivity contribution is 5.90. The Morgan fingerprint density at radius 3 is 2.61 bits per heavy atom. The Morgan fingerprint density at radius 1 is 1.30 bits per heavy atom. The molecule has 0 fully saturated rings. The lowest BCUT2D eigenvalue weighted by Crippen LogP contribution is -2.55. The molecule has 7 heteroatoms. The van der Waals surface area contributed by atoms with Crippen LogP contribution in [0.25, 0.3) is 0 Å². The van der Waals surface area contributed by atoms with Gasteiger partial charge in [0.15, 0.2) is 6.04 Å². The highest BCUT2D eigenvalue weighted by Gasteiger charge is 2.40. The molecule has 1 aromatic carbocycles. The molecule has 1 heterocycles. The van der Waals surface area contributed by atoms with Gasteiger partial charge in [0.1, 0.15) is 6.17 Å². The van der Waals surface area contributed by atoms with Gasteiger partial charge in [-0.15, -0.1) is 0 Å². The van der Waals surface area contributed by atoms with Crippen LogP contribution in [0.5, 0.6) is 0 Å². The van der Waals surface area contributed by atoms with E-state index in [9.17, 15) is 9.59 Å². The Balaban J connectivity index is 2.22. The van der Waals surface area contributed by atoms with E-state index in [4.69, 9.17) is 4.74 Å². The summed E-state index contributed by atoms with van der Waals surface area (Å²) in [4.78, 5) is 30.2. The molecule has 2 amide bonds. The molecule has 2 rings (SSSR count). The lowest BCUT2D eigenvalue weighted by atomic mass is 10.2. The van der Waals surface area contributed by atoms with Crippen molar-refractivity contribution in [2.75, 3.05) is 13.7 Å². The maximum Gasteiger partial charge on any atom is 0.335 e. The van der Waals surface area contributed by atoms with E-state index in [1.165, 1.54) is 7.05 Å². The highest BCUT2D eigenvalue weighted by atomic mass is 16.5. The van der Waals surface area contributed by atoms with Crippen LogP contribution in [-0.4, -0.2) is 48.6 Å². The highest BCUT2D eigenvalue weighted by Crippen LogP contribution is 2.20. The van der Waals surface area contributed by atoms with Gasteiger partial charge in [-0.05, 0) is 19.4 Å². The van der Waals surface area contributed by atoms with E-state index < -0.39 is 18.2 Å². The summed E-state index contributed by atoms with van der Waals surface area (Å²) >= 11 is 0. The molecular weight excluding hydrogens is 296 g/mol. The normalized spacial score (nSPS) is 20.0. The third-order valence-electron chi connectivity index (χ3n) is 3.61. The van der Waals surface area contributed by atoms with Gasteiger partial charge in [-0.1, -0.05) is 30.3 Å². The Labute approximate surface area is 135 Å². The zero-order chi connectivity index (χ0) is 16.8. The smallest absolute Gasteiger partial charge is 0.335 e. The maximum atomic E-state index is 12.1. The largest absolute Gasteiger partial charge is 0.464 e. The van der Waals surface area contributed by atoms with Crippen LogP contribution in [0.4, 0.5) is 4.79 Å². The number of carbonyl (C=O) groups is 2. The van der Waals surface area contributed by atoms with Crippen molar-refractivity contribution in [1.29, 1.82) is 0 Å². The number of hydrogen-bond donors (Lipinski definition) is 2. The number of benzene rings is 1. The Kier molecular flexibility index (Phi) is 5.56. The number of amidine groups is 1. The molecule has 0 saturated heterocycles. The molecular formula is C16H22N4O3. The van der Waals surface area contributed by atoms with Crippen molar-refractivity contribution in [3.63, 3.8) is 0 Å². The number of ether oxygens (including phenoxy) is 1. The van der Waals surface area contributed by atoms with E-state index >= 15 is 0 Å². The molecule has 0 radical (unpaired) electrons. The second kappa shape index (κ2) is 7.62. The quantitative estimate of drug-likeness (QED) is 0.797. The van der Waals surface area contributed by atoms with Crippen LogP contribution >= 0.6 is 0 Å². The summed E-state index contributed by atoms with van der Waals surface area (Å²) in [7, 11) is 1.53. The number of nitrogens with zero attached hydrogens (tertiary/aromatic N) is 2. The molecule has 1 aliphatic heterocycles. The first-order valence-corrected chi connectivity index (χ1v) is 7.56. The van der Waals surface area contributed by atoms with Crippen molar-refractivity contribution in [3.8, 4) is 0 Å². The fourth-order valence-electron chi connectivity index (χ4n) is 2.48. The van der Waals surface area contributed by atoms with Crippen molar-refractivity contribution in [2.45, 2.75) is 32.6 Å². The summed E-state index contributed by atoms with van der Waals surface area (Å²) in [6.07, 6.45) is -0.575. The van der Waals surface area contributed by atoms with Crippen molar-refractivity contribution >= 4 is 17.8 Å². The molecule has 0 aliphatic carbocycles. The number of urea groups is 1. The summed E-state index contributed by atoms with van der Waals surface area (Å²) in [5, 5.41) is 5.28. The van der Waals surface area contributed by atoms with Crippen LogP contribution in [0.15, 0.2) is 35.3 Å². The van der Waals surface area contributed by atoms with Gasteiger partial charge >= 0.3 is 12.0 Å². The minimum absolute atomic E-state index is 0.273. The number of amides is 2. The van der Waals surface area contributed by atoms with Crippen molar-refractivity contribution < 1.29 is 14.3 Å². The topological polar surface area (TPSA) is 83.0 Å². The zero-order valence-electron chi connectivity index (χ0n) is 13.6. The molecule has 7 nitrogen and oxygen atoms in total. The van der Waals surface area contributed by atoms with Crippen LogP contribution in [0.1, 0.15) is 19.4 Å². The summed E-state index contributed by atoms with van der Waals surface area (Å²) in [5.41, 5.74) is 1.07. The first-order chi connectivity index (χ1) is 11.1. The van der Waals surface area contributed by atoms with E-state index in [0.717, 1.165) is 5.56 Å². The SMILES string of the molecule is CCOC(=O)C1N=C(C)N(Cc2ccccc2)C1NC(=O)NC. The molecule has 0 aromatic heterocycles. The lowest BCUT2D eigenvalue weighted by Gasteiger charge is -2.29. The number of hydrogen-bond acceptors (Lipinski definition) is 5. The van der Waals surface area contributed by atoms with Gasteiger partial charge in [-0.3, -0.25) is 4.99 Å². The number of nitrogens with one attached hydrogen (secondary N) is 2. The third kappa shape index (κ3) is 4.00. The fraction of sp³-hybridized carbons (Fsp3) is 0.438. The predicted molar refractivity (Wildman–Crippen MR) is 86.9 cm³/mol. The van der Waals surface area contributed by atoms with Crippen molar-refractivity contribution in [3.05, 3.63) is 35.9 Å². The molecule has 23 heavy (non-hydrogen) atoms. The second-order valence-corrected chi connectivity index (χ2v) is 5.15. The summed E-state index contributed by atoms with van der Waals surface area (Å²) in [5.74, 6) is 0.247. The predicted octanol–water partition coefficient (Wildman–Crippen LogP) is 1.11. The van der Waals surface area contributed by atoms with Gasteiger partial charge in [0.25, 0.3) is 0 Å². The first-order valence-electron chi connectivity index (χ1n) is 7.56. The standard InChI is InChI=1S/C16H22N4O3/c1-4-23-15(21)13-14(19-16(22)17-3)20(11(2)18-13)10-12-8-6-5-7-9-12/h5-9,13-14H,4,10H2,1-3H3,(H2,17,19,22). The van der Waals surface area contributed by atoms with E-state index in [2.05, 4.69) is 15.6 Å². The molecule has 1 aliphatic rings. The Morgan fingerprint density at radius 2 is 2.00 bits per heavy atom. The molecule has 0 bridgehead atoms. The van der Waals surface area contributed by atoms with E-state index in [-0.39, 0.29) is 12.6 Å². The molecule has 124 valence electrons. The summed E-state index contributed by atoms with van der Waals surface area (Å²) in [6.45, 7) is 4.38. The molecule has 0 spiro atoms. The van der Waals surface area contributed by atoms with Gasteiger partial charge < -0.3 is 20.3 Å². The number of carbonyl (C=O) groups excluding carboxylic acids is 2. The molecule has 2 atom stereocenters. The van der Waals surface area contributed by atoms with E-state index in [0.29, 0.717) is 12.4 Å². The van der Waals surface area contributed by atoms with Crippen LogP contribution in [0, 0.1) is 0 Å². The van der Waals surface area contributed by atoms with Gasteiger partial charge in [-0.25, -0.2) is 9.59 Å². The number of aliphatic imine (C=N–C) groups is 1. The Bertz CT molecular complexity index is 588. The summed E-state index contributed by atoms with van der Waals surface area (Å²) in [6, 6.07) is 8.67. The van der Waals surface area contributed by atoms with E-state index in [1.807, 2.05) is 42.2 Å². The van der Waals surface area contributed by atoms with Gasteiger partial charge in [-0.2, -0.15) is 0 Å². The third-order valence-corrected chi connectivity index (χ3v) is 3.61. The maximum absolute atomic E-state index is 12.1. The minimum atomic E-state index is -0.768. The van der Waals surface area contributed by atoms with Gasteiger partial charge in [0, 0.05) is 13.6 Å². The van der Waals surface area contributed by atoms with Crippen molar-refractivity contribution in [1.82, 2.24) is 15.5 Å². The van der Waals surface area contributed by atoms with E-state index in [1.54, 1.807) is 6.92 Å². The molecule has 1 aromatic rings. The average Bonchev–Trinajstić information content (AvgIpc) is 2.85. The molecule has 2 N–H and O–H groups in total. The van der Waals surface area contributed by atoms with Crippen molar-refractivity contribution in [2.24, 2.45) is 4.99 Å². The zero-order valence-corrected chi connectivity index (χ0v) is 13.6. The van der Waals surface area contributed by atoms with Gasteiger partial charge in [0.2, 0.25) is 0 Å². The minimum Gasteiger partial charge on any atom is -0.464 e. The van der Waals surface area contributed by atoms with Crippen LogP contribution in [0.3, 0.4) is 0 Å². The lowest BCUT2D eigenvalue weighted by molar-refractivity contribution is -0.145. The monoisotopic (exact) mass is 318 g/mol. The number of rotatable bonds is 5. The Hall–Kier alpha value is -2.57. The summed E-state index contributed by atoms with van der Waals surface area (Å²) < 4.78 is 5.07. The first kappa shape index (κ1) is 16.8. The molecule has 2 unspecified atom stereocenters. The number of esters is 1. The molecule has 0 saturated carbocycles. The van der Waals surface area contributed by atoms with Gasteiger partial charge in [0.05, 0.1) is 12.4 Å². The van der Waals surface area contributed by atoms with Crippen LogP contribution < -0.4 is 10.6 Å². The average molecular weight is 318 g/mol. The second-order valence-electron chi connectivity index (χ2n) is 5.15. The van der Waals surface area contributed by atoms with Crippen LogP contribution in [0.2, 0.25) is 0 Å².